The van der Waals surface area contributed by atoms with Gasteiger partial charge in [-0.15, -0.1) is 0 Å². The largest absolute Gasteiger partial charge is 0.515 e. The molecule has 4 nitrogen and oxygen atoms in total. The van der Waals surface area contributed by atoms with Crippen LogP contribution in [0.2, 0.25) is 0 Å². The van der Waals surface area contributed by atoms with Gasteiger partial charge in [-0.05, 0) is 49.7 Å². The van der Waals surface area contributed by atoms with Gasteiger partial charge in [-0.2, -0.15) is 0 Å². The molecule has 3 fully saturated rings. The van der Waals surface area contributed by atoms with Crippen molar-refractivity contribution in [2.24, 2.45) is 16.9 Å². The molecular weight excluding hydrogens is 403 g/mol. The van der Waals surface area contributed by atoms with Gasteiger partial charge in [0, 0.05) is 25.5 Å². The van der Waals surface area contributed by atoms with Gasteiger partial charge >= 0.3 is 33.3 Å². The fourth-order valence-electron chi connectivity index (χ4n) is 3.11. The van der Waals surface area contributed by atoms with Crippen molar-refractivity contribution in [3.63, 3.8) is 0 Å². The predicted molar refractivity (Wildman–Crippen MR) is 97.7 cm³/mol. The SMILES string of the molecule is [Cl][Cu][Cl].[SH+]=C([N-]N=Cc1ccccn1)N1CC2CCC(CC2)C1. The third-order valence-corrected chi connectivity index (χ3v) is 4.60. The number of hydrogen-bond acceptors (Lipinski definition) is 2. The average Bonchev–Trinajstić information content (AvgIpc) is 2.90. The quantitative estimate of drug-likeness (QED) is 0.182. The van der Waals surface area contributed by atoms with E-state index in [0.29, 0.717) is 0 Å². The molecule has 2 aliphatic heterocycles. The van der Waals surface area contributed by atoms with Crippen LogP contribution < -0.4 is 0 Å². The van der Waals surface area contributed by atoms with Crippen LogP contribution in [0.1, 0.15) is 31.4 Å². The van der Waals surface area contributed by atoms with Crippen LogP contribution in [0.4, 0.5) is 0 Å². The van der Waals surface area contributed by atoms with E-state index in [9.17, 15) is 0 Å². The molecule has 8 heteroatoms. The van der Waals surface area contributed by atoms with E-state index in [1.165, 1.54) is 25.7 Å². The summed E-state index contributed by atoms with van der Waals surface area (Å²) in [6.07, 6.45) is 8.86. The number of rotatable bonds is 2. The summed E-state index contributed by atoms with van der Waals surface area (Å²) in [4.78, 5) is 6.47. The maximum atomic E-state index is 4.67. The van der Waals surface area contributed by atoms with E-state index in [1.807, 2.05) is 18.2 Å². The summed E-state index contributed by atoms with van der Waals surface area (Å²) in [5, 5.41) is 4.83. The van der Waals surface area contributed by atoms with Crippen molar-refractivity contribution in [2.45, 2.75) is 25.7 Å². The van der Waals surface area contributed by atoms with Crippen molar-refractivity contribution in [2.75, 3.05) is 13.1 Å². The molecule has 2 saturated heterocycles. The standard InChI is InChI=1S/C15H20N4S.2ClH.Cu/c20-15(18-17-9-14-3-1-2-8-16-14)19-10-12-4-5-13(11-19)7-6-12;;;/h1-3,8-9,12-13H,4-7,10-11H2,(H,16,18,20);2*1H;/q;;;+2/p-2. The number of nitrogens with zero attached hydrogens (tertiary/aromatic N) is 4. The summed E-state index contributed by atoms with van der Waals surface area (Å²) >= 11 is 5.28. The Morgan fingerprint density at radius 3 is 2.39 bits per heavy atom. The van der Waals surface area contributed by atoms with Gasteiger partial charge in [-0.25, -0.2) is 4.90 Å². The minimum absolute atomic E-state index is 0.732. The van der Waals surface area contributed by atoms with Crippen LogP contribution in [0.25, 0.3) is 5.43 Å². The second-order valence-electron chi connectivity index (χ2n) is 5.73. The fourth-order valence-corrected chi connectivity index (χ4v) is 3.33. The summed E-state index contributed by atoms with van der Waals surface area (Å²) in [7, 11) is 9.34. The Balaban J connectivity index is 0.000000595. The van der Waals surface area contributed by atoms with Crippen LogP contribution in [0.5, 0.6) is 0 Å². The van der Waals surface area contributed by atoms with Crippen molar-refractivity contribution in [3.05, 3.63) is 35.5 Å². The molecule has 0 N–H and O–H groups in total. The summed E-state index contributed by atoms with van der Waals surface area (Å²) in [6, 6.07) is 5.73. The zero-order valence-electron chi connectivity index (χ0n) is 12.6. The first-order chi connectivity index (χ1) is 11.2. The maximum Gasteiger partial charge on any atom is 0.189 e. The molecule has 3 heterocycles. The predicted octanol–water partition coefficient (Wildman–Crippen LogP) is 3.65. The Hall–Kier alpha value is -0.231. The molecule has 0 unspecified atom stereocenters. The monoisotopic (exact) mass is 421 g/mol. The fraction of sp³-hybridized carbons (Fsp3) is 0.533. The number of fused-ring (bicyclic) bond motifs is 4. The van der Waals surface area contributed by atoms with Gasteiger partial charge in [-0.1, -0.05) is 6.07 Å². The molecule has 2 bridgehead atoms. The van der Waals surface area contributed by atoms with Gasteiger partial charge in [0.05, 0.1) is 5.69 Å². The molecule has 23 heavy (non-hydrogen) atoms. The van der Waals surface area contributed by atoms with Gasteiger partial charge in [0.25, 0.3) is 0 Å². The Morgan fingerprint density at radius 1 is 1.26 bits per heavy atom. The van der Waals surface area contributed by atoms with Crippen molar-refractivity contribution in [3.8, 4) is 0 Å². The second kappa shape index (κ2) is 10.6. The Morgan fingerprint density at radius 2 is 1.87 bits per heavy atom. The average molecular weight is 423 g/mol. The molecule has 1 aromatic rings. The number of hydrogen-bond donors (Lipinski definition) is 0. The van der Waals surface area contributed by atoms with Gasteiger partial charge in [0.15, 0.2) is 17.3 Å². The molecule has 1 aliphatic carbocycles. The first-order valence-corrected chi connectivity index (χ1v) is 10.5. The molecular formula is C15H20Cl2CuN4S. The van der Waals surface area contributed by atoms with E-state index in [2.05, 4.69) is 52.8 Å². The molecule has 1 saturated carbocycles. The zero-order valence-corrected chi connectivity index (χ0v) is 15.9. The summed E-state index contributed by atoms with van der Waals surface area (Å²) in [5.41, 5.74) is 5.03. The van der Waals surface area contributed by atoms with Crippen molar-refractivity contribution >= 4 is 43.7 Å². The van der Waals surface area contributed by atoms with Crippen LogP contribution in [0.15, 0.2) is 29.5 Å². The number of pyridine rings is 1. The Kier molecular flexibility index (Phi) is 8.80. The first-order valence-electron chi connectivity index (χ1n) is 7.50. The molecule has 0 aromatic carbocycles. The van der Waals surface area contributed by atoms with Crippen LogP contribution in [0, 0.1) is 11.8 Å². The van der Waals surface area contributed by atoms with Crippen molar-refractivity contribution < 1.29 is 13.1 Å². The van der Waals surface area contributed by atoms with Crippen LogP contribution >= 0.6 is 20.2 Å². The minimum atomic E-state index is 0.732. The Labute approximate surface area is 157 Å². The molecule has 0 amide bonds. The van der Waals surface area contributed by atoms with E-state index in [-0.39, 0.29) is 0 Å². The van der Waals surface area contributed by atoms with Gasteiger partial charge in [0.1, 0.15) is 0 Å². The van der Waals surface area contributed by atoms with Crippen LogP contribution in [-0.4, -0.2) is 34.3 Å². The smallest absolute Gasteiger partial charge is 0.189 e. The second-order valence-corrected chi connectivity index (χ2v) is 7.69. The maximum absolute atomic E-state index is 4.67. The van der Waals surface area contributed by atoms with E-state index in [0.717, 1.165) is 48.9 Å². The van der Waals surface area contributed by atoms with Crippen LogP contribution in [-0.2, 0) is 25.4 Å². The summed E-state index contributed by atoms with van der Waals surface area (Å²) in [5.74, 6) is 1.62. The molecule has 0 spiro atoms. The number of aromatic nitrogens is 1. The van der Waals surface area contributed by atoms with Gasteiger partial charge in [0.2, 0.25) is 0 Å². The van der Waals surface area contributed by atoms with Crippen molar-refractivity contribution in [1.82, 2.24) is 9.88 Å². The van der Waals surface area contributed by atoms with E-state index in [4.69, 9.17) is 0 Å². The van der Waals surface area contributed by atoms with Crippen LogP contribution in [0.3, 0.4) is 0 Å². The zero-order chi connectivity index (χ0) is 16.5. The van der Waals surface area contributed by atoms with Crippen molar-refractivity contribution in [1.29, 1.82) is 0 Å². The normalized spacial score (nSPS) is 24.1. The number of halogens is 2. The molecule has 0 radical (unpaired) electrons. The summed E-state index contributed by atoms with van der Waals surface area (Å²) < 4.78 is 0. The Bertz CT molecular complexity index is 495. The topological polar surface area (TPSA) is 42.6 Å². The molecule has 4 rings (SSSR count). The molecule has 1 aromatic heterocycles. The first kappa shape index (κ1) is 19.1. The van der Waals surface area contributed by atoms with E-state index < -0.39 is 0 Å². The summed E-state index contributed by atoms with van der Waals surface area (Å²) in [6.45, 7) is 2.16. The van der Waals surface area contributed by atoms with Gasteiger partial charge in [-0.3, -0.25) is 4.98 Å². The molecule has 131 valence electrons. The van der Waals surface area contributed by atoms with Gasteiger partial charge < -0.3 is 10.5 Å². The molecule has 3 aliphatic rings. The molecule has 0 atom stereocenters. The minimum Gasteiger partial charge on any atom is -0.515 e. The number of thiol groups is 1. The van der Waals surface area contributed by atoms with E-state index >= 15 is 0 Å². The third-order valence-electron chi connectivity index (χ3n) is 4.23. The van der Waals surface area contributed by atoms with E-state index in [1.54, 1.807) is 12.4 Å². The third kappa shape index (κ3) is 6.65.